The summed E-state index contributed by atoms with van der Waals surface area (Å²) in [5, 5.41) is 9.11. The van der Waals surface area contributed by atoms with Crippen molar-refractivity contribution in [3.8, 4) is 0 Å². The second-order valence-electron chi connectivity index (χ2n) is 5.19. The number of hydrogen-bond acceptors (Lipinski definition) is 3. The van der Waals surface area contributed by atoms with Gasteiger partial charge < -0.3 is 15.7 Å². The zero-order chi connectivity index (χ0) is 13.8. The topological polar surface area (TPSA) is 49.5 Å². The molecule has 0 unspecified atom stereocenters. The first-order valence-corrected chi connectivity index (χ1v) is 7.33. The number of thiocarbonyl (C=S) groups is 1. The molecule has 104 valence electrons. The first kappa shape index (κ1) is 14.3. The number of aliphatic hydroxyl groups excluding tert-OH is 1. The van der Waals surface area contributed by atoms with Gasteiger partial charge in [0.25, 0.3) is 0 Å². The van der Waals surface area contributed by atoms with E-state index in [9.17, 15) is 0 Å². The number of benzene rings is 1. The number of aliphatic hydroxyl groups is 1. The van der Waals surface area contributed by atoms with E-state index in [0.29, 0.717) is 11.0 Å². The monoisotopic (exact) mass is 278 g/mol. The highest BCUT2D eigenvalue weighted by Gasteiger charge is 2.27. The van der Waals surface area contributed by atoms with Crippen LogP contribution >= 0.6 is 12.2 Å². The van der Waals surface area contributed by atoms with Crippen LogP contribution in [0.15, 0.2) is 18.2 Å². The van der Waals surface area contributed by atoms with Crippen molar-refractivity contribution in [3.05, 3.63) is 29.3 Å². The molecule has 3 nitrogen and oxygen atoms in total. The van der Waals surface area contributed by atoms with Crippen molar-refractivity contribution in [2.75, 3.05) is 18.1 Å². The van der Waals surface area contributed by atoms with Crippen LogP contribution in [0.1, 0.15) is 36.8 Å². The van der Waals surface area contributed by atoms with E-state index in [1.807, 2.05) is 12.1 Å². The van der Waals surface area contributed by atoms with E-state index in [1.54, 1.807) is 0 Å². The Morgan fingerprint density at radius 3 is 2.74 bits per heavy atom. The van der Waals surface area contributed by atoms with Crippen molar-refractivity contribution in [1.82, 2.24) is 0 Å². The summed E-state index contributed by atoms with van der Waals surface area (Å²) in [5.41, 5.74) is 9.19. The average Bonchev–Trinajstić information content (AvgIpc) is 2.32. The first-order valence-electron chi connectivity index (χ1n) is 6.92. The van der Waals surface area contributed by atoms with Gasteiger partial charge in [-0.25, -0.2) is 0 Å². The molecular weight excluding hydrogens is 256 g/mol. The molecular formula is C15H22N2OS. The van der Waals surface area contributed by atoms with Crippen LogP contribution in [-0.4, -0.2) is 29.3 Å². The van der Waals surface area contributed by atoms with Gasteiger partial charge in [-0.3, -0.25) is 0 Å². The Bertz CT molecular complexity index is 457. The molecule has 0 bridgehead atoms. The molecule has 2 rings (SSSR count). The second-order valence-corrected chi connectivity index (χ2v) is 5.63. The molecule has 0 atom stereocenters. The van der Waals surface area contributed by atoms with Crippen molar-refractivity contribution >= 4 is 22.9 Å². The predicted molar refractivity (Wildman–Crippen MR) is 83.8 cm³/mol. The molecule has 0 aromatic heterocycles. The lowest BCUT2D eigenvalue weighted by molar-refractivity contribution is 0.283. The van der Waals surface area contributed by atoms with Gasteiger partial charge in [-0.05, 0) is 44.2 Å². The van der Waals surface area contributed by atoms with E-state index in [4.69, 9.17) is 23.1 Å². The predicted octanol–water partition coefficient (Wildman–Crippen LogP) is 2.37. The maximum absolute atomic E-state index is 9.11. The van der Waals surface area contributed by atoms with Gasteiger partial charge in [0.1, 0.15) is 4.99 Å². The number of aryl methyl sites for hydroxylation is 1. The van der Waals surface area contributed by atoms with Crippen LogP contribution in [0.4, 0.5) is 5.69 Å². The zero-order valence-electron chi connectivity index (χ0n) is 11.4. The standard InChI is InChI=1S/C15H22N2OS/c1-11-5-2-8-13(15(16)19)14(11)17(9-4-10-18)12-6-3-7-12/h2,5,8,12,18H,3-4,6-7,9-10H2,1H3,(H2,16,19). The van der Waals surface area contributed by atoms with Crippen LogP contribution < -0.4 is 10.6 Å². The summed E-state index contributed by atoms with van der Waals surface area (Å²) in [6.45, 7) is 3.18. The third kappa shape index (κ3) is 3.07. The maximum Gasteiger partial charge on any atom is 0.106 e. The molecule has 0 spiro atoms. The minimum atomic E-state index is 0.220. The maximum atomic E-state index is 9.11. The van der Waals surface area contributed by atoms with E-state index in [2.05, 4.69) is 17.9 Å². The first-order chi connectivity index (χ1) is 9.15. The summed E-state index contributed by atoms with van der Waals surface area (Å²) < 4.78 is 0. The molecule has 0 amide bonds. The molecule has 1 aromatic rings. The molecule has 19 heavy (non-hydrogen) atoms. The Kier molecular flexibility index (Phi) is 4.77. The highest BCUT2D eigenvalue weighted by molar-refractivity contribution is 7.80. The lowest BCUT2D eigenvalue weighted by Crippen LogP contribution is -2.42. The molecule has 0 radical (unpaired) electrons. The molecule has 1 aliphatic rings. The molecule has 4 heteroatoms. The number of nitrogens with two attached hydrogens (primary N) is 1. The summed E-state index contributed by atoms with van der Waals surface area (Å²) in [7, 11) is 0. The third-order valence-electron chi connectivity index (χ3n) is 3.86. The molecule has 1 aromatic carbocycles. The molecule has 0 heterocycles. The minimum Gasteiger partial charge on any atom is -0.396 e. The van der Waals surface area contributed by atoms with Crippen molar-refractivity contribution in [2.24, 2.45) is 5.73 Å². The Balaban J connectivity index is 2.36. The van der Waals surface area contributed by atoms with Gasteiger partial charge >= 0.3 is 0 Å². The van der Waals surface area contributed by atoms with Crippen LogP contribution in [0.25, 0.3) is 0 Å². The summed E-state index contributed by atoms with van der Waals surface area (Å²) in [6.07, 6.45) is 4.50. The van der Waals surface area contributed by atoms with Gasteiger partial charge in [0, 0.05) is 24.8 Å². The van der Waals surface area contributed by atoms with Crippen molar-refractivity contribution < 1.29 is 5.11 Å². The quantitative estimate of drug-likeness (QED) is 0.784. The van der Waals surface area contributed by atoms with Crippen molar-refractivity contribution in [2.45, 2.75) is 38.6 Å². The summed E-state index contributed by atoms with van der Waals surface area (Å²) >= 11 is 5.18. The summed E-state index contributed by atoms with van der Waals surface area (Å²) in [6, 6.07) is 6.66. The summed E-state index contributed by atoms with van der Waals surface area (Å²) in [5.74, 6) is 0. The molecule has 0 aliphatic heterocycles. The Morgan fingerprint density at radius 1 is 1.47 bits per heavy atom. The van der Waals surface area contributed by atoms with Gasteiger partial charge in [-0.15, -0.1) is 0 Å². The van der Waals surface area contributed by atoms with E-state index in [1.165, 1.54) is 24.8 Å². The largest absolute Gasteiger partial charge is 0.396 e. The number of anilines is 1. The van der Waals surface area contributed by atoms with Crippen molar-refractivity contribution in [1.29, 1.82) is 0 Å². The number of rotatable bonds is 6. The smallest absolute Gasteiger partial charge is 0.106 e. The van der Waals surface area contributed by atoms with Crippen LogP contribution in [0.2, 0.25) is 0 Å². The Morgan fingerprint density at radius 2 is 2.21 bits per heavy atom. The second kappa shape index (κ2) is 6.35. The normalized spacial score (nSPS) is 15.1. The zero-order valence-corrected chi connectivity index (χ0v) is 12.2. The lowest BCUT2D eigenvalue weighted by atomic mass is 9.89. The fraction of sp³-hybridized carbons (Fsp3) is 0.533. The molecule has 1 saturated carbocycles. The number of hydrogen-bond donors (Lipinski definition) is 2. The van der Waals surface area contributed by atoms with Gasteiger partial charge in [-0.1, -0.05) is 24.4 Å². The average molecular weight is 278 g/mol. The molecule has 0 saturated heterocycles. The third-order valence-corrected chi connectivity index (χ3v) is 4.08. The molecule has 1 aliphatic carbocycles. The van der Waals surface area contributed by atoms with Crippen LogP contribution in [0.3, 0.4) is 0 Å². The highest BCUT2D eigenvalue weighted by Crippen LogP contribution is 2.34. The number of nitrogens with zero attached hydrogens (tertiary/aromatic N) is 1. The van der Waals surface area contributed by atoms with Crippen LogP contribution in [0, 0.1) is 6.92 Å². The van der Waals surface area contributed by atoms with Crippen LogP contribution in [0.5, 0.6) is 0 Å². The fourth-order valence-electron chi connectivity index (χ4n) is 2.66. The van der Waals surface area contributed by atoms with E-state index >= 15 is 0 Å². The molecule has 3 N–H and O–H groups in total. The Labute approximate surface area is 120 Å². The Hall–Kier alpha value is -1.13. The number of para-hydroxylation sites is 1. The van der Waals surface area contributed by atoms with Crippen molar-refractivity contribution in [3.63, 3.8) is 0 Å². The lowest BCUT2D eigenvalue weighted by Gasteiger charge is -2.41. The van der Waals surface area contributed by atoms with Gasteiger partial charge in [0.2, 0.25) is 0 Å². The summed E-state index contributed by atoms with van der Waals surface area (Å²) in [4.78, 5) is 2.84. The van der Waals surface area contributed by atoms with Crippen LogP contribution in [-0.2, 0) is 0 Å². The van der Waals surface area contributed by atoms with Gasteiger partial charge in [0.15, 0.2) is 0 Å². The van der Waals surface area contributed by atoms with E-state index in [0.717, 1.165) is 24.2 Å². The minimum absolute atomic E-state index is 0.220. The van der Waals surface area contributed by atoms with Gasteiger partial charge in [0.05, 0.1) is 5.69 Å². The van der Waals surface area contributed by atoms with Gasteiger partial charge in [-0.2, -0.15) is 0 Å². The fourth-order valence-corrected chi connectivity index (χ4v) is 2.82. The van der Waals surface area contributed by atoms with E-state index in [-0.39, 0.29) is 6.61 Å². The van der Waals surface area contributed by atoms with E-state index < -0.39 is 0 Å². The molecule has 1 fully saturated rings. The SMILES string of the molecule is Cc1cccc(C(N)=S)c1N(CCCO)C1CCC1. The highest BCUT2D eigenvalue weighted by atomic mass is 32.1.